The van der Waals surface area contributed by atoms with Crippen molar-refractivity contribution in [3.05, 3.63) is 23.8 Å². The largest absolute Gasteiger partial charge is 0.504 e. The summed E-state index contributed by atoms with van der Waals surface area (Å²) in [6, 6.07) is 5.13. The maximum Gasteiger partial charge on any atom is 0.221 e. The number of hydrazone groups is 1. The molecule has 0 spiro atoms. The van der Waals surface area contributed by atoms with E-state index in [1.807, 2.05) is 0 Å². The molecule has 0 unspecified atom stereocenters. The smallest absolute Gasteiger partial charge is 0.221 e. The van der Waals surface area contributed by atoms with Crippen LogP contribution in [0.3, 0.4) is 0 Å². The Morgan fingerprint density at radius 1 is 1.67 bits per heavy atom. The fourth-order valence-electron chi connectivity index (χ4n) is 1.01. The third kappa shape index (κ3) is 3.10. The molecular formula is C9H12N3O2S+. The Kier molecular flexibility index (Phi) is 3.87. The predicted molar refractivity (Wildman–Crippen MR) is 60.7 cm³/mol. The van der Waals surface area contributed by atoms with E-state index in [-0.39, 0.29) is 10.9 Å². The SMILES string of the molecule is COc1cccc(C=[NH+]NC(N)=S)c1O. The maximum atomic E-state index is 9.67. The first-order chi connectivity index (χ1) is 7.15. The van der Waals surface area contributed by atoms with Gasteiger partial charge in [-0.1, -0.05) is 6.07 Å². The van der Waals surface area contributed by atoms with Crippen LogP contribution < -0.4 is 21.0 Å². The molecule has 0 aliphatic carbocycles. The number of thiocarbonyl (C=S) groups is 1. The fourth-order valence-corrected chi connectivity index (χ4v) is 1.06. The van der Waals surface area contributed by atoms with Gasteiger partial charge in [0.2, 0.25) is 11.3 Å². The molecule has 1 aromatic rings. The topological polar surface area (TPSA) is 81.5 Å². The van der Waals surface area contributed by atoms with E-state index >= 15 is 0 Å². The highest BCUT2D eigenvalue weighted by molar-refractivity contribution is 7.80. The van der Waals surface area contributed by atoms with Crippen molar-refractivity contribution in [2.75, 3.05) is 7.11 Å². The molecule has 0 heterocycles. The Morgan fingerprint density at radius 2 is 2.40 bits per heavy atom. The molecule has 15 heavy (non-hydrogen) atoms. The molecular weight excluding hydrogens is 214 g/mol. The third-order valence-electron chi connectivity index (χ3n) is 1.67. The number of para-hydroxylation sites is 1. The minimum atomic E-state index is 0.0530. The summed E-state index contributed by atoms with van der Waals surface area (Å²) < 4.78 is 4.94. The van der Waals surface area contributed by atoms with E-state index in [1.165, 1.54) is 13.3 Å². The highest BCUT2D eigenvalue weighted by atomic mass is 32.1. The highest BCUT2D eigenvalue weighted by Crippen LogP contribution is 2.27. The van der Waals surface area contributed by atoms with Crippen LogP contribution in [0.1, 0.15) is 5.56 Å². The van der Waals surface area contributed by atoms with Crippen LogP contribution in [0.5, 0.6) is 11.5 Å². The van der Waals surface area contributed by atoms with Crippen LogP contribution in [0.2, 0.25) is 0 Å². The van der Waals surface area contributed by atoms with Gasteiger partial charge in [0.05, 0.1) is 12.7 Å². The number of hydrogen-bond donors (Lipinski definition) is 4. The van der Waals surface area contributed by atoms with Crippen molar-refractivity contribution >= 4 is 23.5 Å². The second kappa shape index (κ2) is 5.16. The molecule has 5 N–H and O–H groups in total. The van der Waals surface area contributed by atoms with Crippen molar-refractivity contribution in [3.63, 3.8) is 0 Å². The lowest BCUT2D eigenvalue weighted by Crippen LogP contribution is -2.82. The molecule has 0 atom stereocenters. The number of hydrogen-bond acceptors (Lipinski definition) is 3. The van der Waals surface area contributed by atoms with Crippen molar-refractivity contribution in [3.8, 4) is 11.5 Å². The minimum absolute atomic E-state index is 0.0530. The summed E-state index contributed by atoms with van der Waals surface area (Å²) in [5, 5.41) is 12.4. The fraction of sp³-hybridized carbons (Fsp3) is 0.111. The number of aromatic hydroxyl groups is 1. The maximum absolute atomic E-state index is 9.67. The van der Waals surface area contributed by atoms with Gasteiger partial charge in [0.1, 0.15) is 0 Å². The first kappa shape index (κ1) is 11.3. The summed E-state index contributed by atoms with van der Waals surface area (Å²) in [5.74, 6) is 0.457. The van der Waals surface area contributed by atoms with Crippen molar-refractivity contribution in [1.29, 1.82) is 0 Å². The Morgan fingerprint density at radius 3 is 3.00 bits per heavy atom. The lowest BCUT2D eigenvalue weighted by atomic mass is 10.2. The van der Waals surface area contributed by atoms with Crippen LogP contribution in [0, 0.1) is 0 Å². The van der Waals surface area contributed by atoms with E-state index in [0.717, 1.165) is 0 Å². The molecule has 0 bridgehead atoms. The van der Waals surface area contributed by atoms with Crippen molar-refractivity contribution in [2.45, 2.75) is 0 Å². The number of phenolic OH excluding ortho intramolecular Hbond substituents is 1. The molecule has 80 valence electrons. The minimum Gasteiger partial charge on any atom is -0.504 e. The van der Waals surface area contributed by atoms with E-state index in [1.54, 1.807) is 18.2 Å². The zero-order valence-electron chi connectivity index (χ0n) is 8.15. The molecule has 6 heteroatoms. The summed E-state index contributed by atoms with van der Waals surface area (Å²) in [6.45, 7) is 0. The Hall–Kier alpha value is -1.82. The number of benzene rings is 1. The average molecular weight is 226 g/mol. The van der Waals surface area contributed by atoms with Crippen LogP contribution in [0.15, 0.2) is 18.2 Å². The van der Waals surface area contributed by atoms with Crippen LogP contribution in [-0.2, 0) is 0 Å². The Balaban J connectivity index is 2.85. The van der Waals surface area contributed by atoms with E-state index in [9.17, 15) is 5.11 Å². The quantitative estimate of drug-likeness (QED) is 0.291. The first-order valence-electron chi connectivity index (χ1n) is 4.15. The van der Waals surface area contributed by atoms with Crippen LogP contribution >= 0.6 is 12.2 Å². The Bertz CT molecular complexity index is 393. The summed E-state index contributed by atoms with van der Waals surface area (Å²) in [5.41, 5.74) is 8.28. The number of nitrogens with one attached hydrogen (secondary N) is 2. The number of nitrogens with two attached hydrogens (primary N) is 1. The van der Waals surface area contributed by atoms with Crippen molar-refractivity contribution in [1.82, 2.24) is 5.43 Å². The molecule has 0 saturated carbocycles. The number of ether oxygens (including phenoxy) is 1. The third-order valence-corrected chi connectivity index (χ3v) is 1.78. The summed E-state index contributed by atoms with van der Waals surface area (Å²) >= 11 is 4.59. The summed E-state index contributed by atoms with van der Waals surface area (Å²) in [4.78, 5) is 0. The van der Waals surface area contributed by atoms with Gasteiger partial charge >= 0.3 is 0 Å². The first-order valence-corrected chi connectivity index (χ1v) is 4.56. The molecule has 5 nitrogen and oxygen atoms in total. The van der Waals surface area contributed by atoms with Gasteiger partial charge in [0, 0.05) is 0 Å². The molecule has 0 aromatic heterocycles. The van der Waals surface area contributed by atoms with Gasteiger partial charge in [-0.2, -0.15) is 0 Å². The lowest BCUT2D eigenvalue weighted by molar-refractivity contribution is -0.499. The van der Waals surface area contributed by atoms with Crippen molar-refractivity contribution < 1.29 is 14.9 Å². The highest BCUT2D eigenvalue weighted by Gasteiger charge is 2.06. The lowest BCUT2D eigenvalue weighted by Gasteiger charge is -2.03. The zero-order chi connectivity index (χ0) is 11.3. The normalized spacial score (nSPS) is 10.2. The van der Waals surface area contributed by atoms with Gasteiger partial charge < -0.3 is 15.6 Å². The van der Waals surface area contributed by atoms with Gasteiger partial charge in [-0.05, 0) is 24.4 Å². The summed E-state index contributed by atoms with van der Waals surface area (Å²) in [6.07, 6.45) is 1.52. The number of phenols is 1. The van der Waals surface area contributed by atoms with E-state index in [4.69, 9.17) is 10.5 Å². The molecule has 1 rings (SSSR count). The van der Waals surface area contributed by atoms with Crippen molar-refractivity contribution in [2.24, 2.45) is 5.73 Å². The summed E-state index contributed by atoms with van der Waals surface area (Å²) in [7, 11) is 1.49. The zero-order valence-corrected chi connectivity index (χ0v) is 8.97. The average Bonchev–Trinajstić information content (AvgIpc) is 2.20. The van der Waals surface area contributed by atoms with Crippen LogP contribution in [0.4, 0.5) is 0 Å². The standard InChI is InChI=1S/C9H11N3O2S/c1-14-7-4-2-3-6(8(7)13)5-11-12-9(10)15/h2-5,13H,1H3,(H3,10,12,15)/p+1. The Labute approximate surface area is 92.5 Å². The molecule has 0 amide bonds. The predicted octanol–water partition coefficient (Wildman–Crippen LogP) is -1.35. The molecule has 1 aromatic carbocycles. The molecule has 0 radical (unpaired) electrons. The molecule has 0 saturated heterocycles. The van der Waals surface area contributed by atoms with Gasteiger partial charge in [-0.25, -0.2) is 0 Å². The number of rotatable bonds is 3. The van der Waals surface area contributed by atoms with Crippen LogP contribution in [0.25, 0.3) is 0 Å². The van der Waals surface area contributed by atoms with Gasteiger partial charge in [-0.3, -0.25) is 0 Å². The van der Waals surface area contributed by atoms with Gasteiger partial charge in [-0.15, -0.1) is 10.5 Å². The van der Waals surface area contributed by atoms with E-state index in [2.05, 4.69) is 22.7 Å². The van der Waals surface area contributed by atoms with E-state index < -0.39 is 0 Å². The van der Waals surface area contributed by atoms with Gasteiger partial charge in [0.25, 0.3) is 0 Å². The van der Waals surface area contributed by atoms with Crippen LogP contribution in [-0.4, -0.2) is 23.5 Å². The monoisotopic (exact) mass is 226 g/mol. The second-order valence-corrected chi connectivity index (χ2v) is 3.12. The second-order valence-electron chi connectivity index (χ2n) is 2.68. The number of methoxy groups -OCH3 is 1. The molecule has 0 fully saturated rings. The van der Waals surface area contributed by atoms with E-state index in [0.29, 0.717) is 11.3 Å². The molecule has 0 aliphatic rings. The molecule has 0 aliphatic heterocycles. The number of hydrazine groups is 1. The van der Waals surface area contributed by atoms with Gasteiger partial charge in [0.15, 0.2) is 11.5 Å².